The number of hydrogen-bond donors (Lipinski definition) is 1. The number of H-pyrrole nitrogens is 1. The number of carbonyl (C=O) groups is 1. The number of nitrogens with zero attached hydrogens (tertiary/aromatic N) is 3. The maximum atomic E-state index is 12.8. The first-order chi connectivity index (χ1) is 12.6. The minimum Gasteiger partial charge on any atom is -0.360 e. The molecule has 0 unspecified atom stereocenters. The van der Waals surface area contributed by atoms with Gasteiger partial charge in [-0.1, -0.05) is 12.1 Å². The quantitative estimate of drug-likeness (QED) is 0.702. The zero-order chi connectivity index (χ0) is 18.1. The summed E-state index contributed by atoms with van der Waals surface area (Å²) in [6.07, 6.45) is 3.29. The summed E-state index contributed by atoms with van der Waals surface area (Å²) >= 11 is 3.38. The number of amides is 1. The van der Waals surface area contributed by atoms with Crippen molar-refractivity contribution in [3.63, 3.8) is 0 Å². The van der Waals surface area contributed by atoms with Crippen molar-refractivity contribution < 1.29 is 4.79 Å². The third-order valence-electron chi connectivity index (χ3n) is 4.62. The van der Waals surface area contributed by atoms with Gasteiger partial charge in [0.05, 0.1) is 0 Å². The molecule has 26 heavy (non-hydrogen) atoms. The van der Waals surface area contributed by atoms with Gasteiger partial charge in [0.1, 0.15) is 11.4 Å². The Bertz CT molecular complexity index is 1010. The fraction of sp³-hybridized carbons (Fsp3) is 0.211. The van der Waals surface area contributed by atoms with E-state index >= 15 is 0 Å². The van der Waals surface area contributed by atoms with Gasteiger partial charge in [-0.3, -0.25) is 9.59 Å². The molecule has 1 amide bonds. The highest BCUT2D eigenvalue weighted by molar-refractivity contribution is 9.10. The SMILES string of the molecule is O=C(c1c[nH]c2ccccc2c1=O)N1CCN(c2ccc(Br)cn2)CC1. The van der Waals surface area contributed by atoms with Gasteiger partial charge in [0.2, 0.25) is 5.43 Å². The summed E-state index contributed by atoms with van der Waals surface area (Å²) in [5.74, 6) is 0.671. The molecular weight excluding hydrogens is 396 g/mol. The van der Waals surface area contributed by atoms with E-state index in [1.807, 2.05) is 24.3 Å². The molecule has 0 radical (unpaired) electrons. The van der Waals surface area contributed by atoms with Crippen LogP contribution in [0.3, 0.4) is 0 Å². The van der Waals surface area contributed by atoms with Gasteiger partial charge >= 0.3 is 0 Å². The van der Waals surface area contributed by atoms with Crippen LogP contribution in [0, 0.1) is 0 Å². The second-order valence-electron chi connectivity index (χ2n) is 6.19. The minimum absolute atomic E-state index is 0.193. The first kappa shape index (κ1) is 16.8. The van der Waals surface area contributed by atoms with Crippen molar-refractivity contribution in [2.24, 2.45) is 0 Å². The second kappa shape index (κ2) is 6.92. The van der Waals surface area contributed by atoms with Crippen LogP contribution in [0.5, 0.6) is 0 Å². The van der Waals surface area contributed by atoms with E-state index in [-0.39, 0.29) is 16.9 Å². The van der Waals surface area contributed by atoms with E-state index in [4.69, 9.17) is 0 Å². The number of aromatic amines is 1. The number of pyridine rings is 2. The Hall–Kier alpha value is -2.67. The lowest BCUT2D eigenvalue weighted by Crippen LogP contribution is -2.49. The van der Waals surface area contributed by atoms with Crippen LogP contribution in [0.4, 0.5) is 5.82 Å². The fourth-order valence-electron chi connectivity index (χ4n) is 3.19. The summed E-state index contributed by atoms with van der Waals surface area (Å²) < 4.78 is 0.936. The second-order valence-corrected chi connectivity index (χ2v) is 7.11. The lowest BCUT2D eigenvalue weighted by atomic mass is 10.1. The Morgan fingerprint density at radius 1 is 1.08 bits per heavy atom. The topological polar surface area (TPSA) is 69.3 Å². The molecule has 1 aromatic carbocycles. The van der Waals surface area contributed by atoms with E-state index in [9.17, 15) is 9.59 Å². The van der Waals surface area contributed by atoms with Crippen molar-refractivity contribution in [3.8, 4) is 0 Å². The number of para-hydroxylation sites is 1. The molecule has 6 nitrogen and oxygen atoms in total. The predicted octanol–water partition coefficient (Wildman–Crippen LogP) is 2.65. The van der Waals surface area contributed by atoms with E-state index in [1.54, 1.807) is 23.2 Å². The number of benzene rings is 1. The number of fused-ring (bicyclic) bond motifs is 1. The van der Waals surface area contributed by atoms with Crippen LogP contribution in [0.25, 0.3) is 10.9 Å². The van der Waals surface area contributed by atoms with Crippen LogP contribution in [0.15, 0.2) is 58.1 Å². The van der Waals surface area contributed by atoms with Gasteiger partial charge in [-0.15, -0.1) is 0 Å². The summed E-state index contributed by atoms with van der Waals surface area (Å²) in [4.78, 5) is 36.8. The number of rotatable bonds is 2. The molecule has 132 valence electrons. The molecule has 1 saturated heterocycles. The van der Waals surface area contributed by atoms with Crippen LogP contribution in [0.1, 0.15) is 10.4 Å². The van der Waals surface area contributed by atoms with Crippen LogP contribution in [-0.2, 0) is 0 Å². The third-order valence-corrected chi connectivity index (χ3v) is 5.09. The van der Waals surface area contributed by atoms with Gasteiger partial charge in [-0.2, -0.15) is 0 Å². The van der Waals surface area contributed by atoms with Crippen molar-refractivity contribution in [2.75, 3.05) is 31.1 Å². The van der Waals surface area contributed by atoms with Crippen molar-refractivity contribution in [1.82, 2.24) is 14.9 Å². The zero-order valence-electron chi connectivity index (χ0n) is 14.0. The molecule has 1 fully saturated rings. The lowest BCUT2D eigenvalue weighted by Gasteiger charge is -2.35. The first-order valence-corrected chi connectivity index (χ1v) is 9.19. The Labute approximate surface area is 158 Å². The molecule has 3 aromatic rings. The molecule has 4 rings (SSSR count). The van der Waals surface area contributed by atoms with Crippen LogP contribution < -0.4 is 10.3 Å². The molecular formula is C19H17BrN4O2. The molecule has 1 N–H and O–H groups in total. The van der Waals surface area contributed by atoms with Gasteiger partial charge in [0.25, 0.3) is 5.91 Å². The Balaban J connectivity index is 1.51. The summed E-state index contributed by atoms with van der Waals surface area (Å²) in [7, 11) is 0. The average Bonchev–Trinajstić information content (AvgIpc) is 2.69. The van der Waals surface area contributed by atoms with E-state index in [2.05, 4.69) is 30.8 Å². The molecule has 0 atom stereocenters. The number of piperazine rings is 1. The molecule has 1 aliphatic heterocycles. The van der Waals surface area contributed by atoms with Gasteiger partial charge < -0.3 is 14.8 Å². The first-order valence-electron chi connectivity index (χ1n) is 8.40. The molecule has 0 bridgehead atoms. The number of aromatic nitrogens is 2. The molecule has 2 aromatic heterocycles. The van der Waals surface area contributed by atoms with Crippen molar-refractivity contribution in [3.05, 3.63) is 69.1 Å². The summed E-state index contributed by atoms with van der Waals surface area (Å²) in [5.41, 5.74) is 0.709. The van der Waals surface area contributed by atoms with Gasteiger partial charge in [0, 0.05) is 53.9 Å². The lowest BCUT2D eigenvalue weighted by molar-refractivity contribution is 0.0745. The number of anilines is 1. The predicted molar refractivity (Wildman–Crippen MR) is 105 cm³/mol. The average molecular weight is 413 g/mol. The highest BCUT2D eigenvalue weighted by atomic mass is 79.9. The Kier molecular flexibility index (Phi) is 4.46. The monoisotopic (exact) mass is 412 g/mol. The summed E-state index contributed by atoms with van der Waals surface area (Å²) in [6, 6.07) is 11.1. The van der Waals surface area contributed by atoms with Gasteiger partial charge in [-0.25, -0.2) is 4.98 Å². The minimum atomic E-state index is -0.222. The largest absolute Gasteiger partial charge is 0.360 e. The number of halogens is 1. The Morgan fingerprint density at radius 2 is 1.85 bits per heavy atom. The molecule has 7 heteroatoms. The molecule has 0 spiro atoms. The van der Waals surface area contributed by atoms with Crippen molar-refractivity contribution >= 4 is 38.6 Å². The Morgan fingerprint density at radius 3 is 2.58 bits per heavy atom. The van der Waals surface area contributed by atoms with Crippen molar-refractivity contribution in [2.45, 2.75) is 0 Å². The normalized spacial score (nSPS) is 14.7. The van der Waals surface area contributed by atoms with Crippen LogP contribution in [0.2, 0.25) is 0 Å². The number of nitrogens with one attached hydrogen (secondary N) is 1. The zero-order valence-corrected chi connectivity index (χ0v) is 15.6. The molecule has 1 aliphatic rings. The highest BCUT2D eigenvalue weighted by Crippen LogP contribution is 2.17. The van der Waals surface area contributed by atoms with E-state index < -0.39 is 0 Å². The summed E-state index contributed by atoms with van der Waals surface area (Å²) in [5, 5.41) is 0.538. The highest BCUT2D eigenvalue weighted by Gasteiger charge is 2.24. The van der Waals surface area contributed by atoms with Gasteiger partial charge in [0.15, 0.2) is 0 Å². The number of hydrogen-bond acceptors (Lipinski definition) is 4. The maximum Gasteiger partial charge on any atom is 0.259 e. The molecule has 0 aliphatic carbocycles. The summed E-state index contributed by atoms with van der Waals surface area (Å²) in [6.45, 7) is 2.49. The van der Waals surface area contributed by atoms with Crippen LogP contribution >= 0.6 is 15.9 Å². The smallest absolute Gasteiger partial charge is 0.259 e. The standard InChI is InChI=1S/C19H17BrN4O2/c20-13-5-6-17(22-11-13)23-7-9-24(10-8-23)19(26)15-12-21-16-4-2-1-3-14(16)18(15)25/h1-6,11-12H,7-10H2,(H,21,25). The fourth-order valence-corrected chi connectivity index (χ4v) is 3.42. The number of carbonyl (C=O) groups excluding carboxylic acids is 1. The van der Waals surface area contributed by atoms with E-state index in [1.165, 1.54) is 6.20 Å². The molecule has 3 heterocycles. The van der Waals surface area contributed by atoms with Crippen molar-refractivity contribution in [1.29, 1.82) is 0 Å². The van der Waals surface area contributed by atoms with E-state index in [0.717, 1.165) is 15.8 Å². The maximum absolute atomic E-state index is 12.8. The molecule has 0 saturated carbocycles. The van der Waals surface area contributed by atoms with E-state index in [0.29, 0.717) is 31.6 Å². The third kappa shape index (κ3) is 3.10. The van der Waals surface area contributed by atoms with Gasteiger partial charge in [-0.05, 0) is 40.2 Å². The van der Waals surface area contributed by atoms with Crippen LogP contribution in [-0.4, -0.2) is 47.0 Å².